The molecule has 0 aliphatic heterocycles. The lowest BCUT2D eigenvalue weighted by Gasteiger charge is -2.35. The highest BCUT2D eigenvalue weighted by Crippen LogP contribution is 2.30. The Bertz CT molecular complexity index is 786. The Kier molecular flexibility index (Phi) is 8.70. The van der Waals surface area contributed by atoms with Crippen LogP contribution in [0.4, 0.5) is 0 Å². The second-order valence-electron chi connectivity index (χ2n) is 8.27. The maximum Gasteiger partial charge on any atom is 0.267 e. The van der Waals surface area contributed by atoms with Gasteiger partial charge >= 0.3 is 0 Å². The number of hydrogen-bond donors (Lipinski definition) is 2. The van der Waals surface area contributed by atoms with Crippen LogP contribution in [0, 0.1) is 11.3 Å². The Morgan fingerprint density at radius 3 is 2.38 bits per heavy atom. The van der Waals surface area contributed by atoms with Gasteiger partial charge in [0.2, 0.25) is 5.91 Å². The number of amides is 2. The van der Waals surface area contributed by atoms with Crippen LogP contribution in [0.2, 0.25) is 0 Å². The average Bonchev–Trinajstić information content (AvgIpc) is 2.66. The van der Waals surface area contributed by atoms with E-state index in [4.69, 9.17) is 11.6 Å². The molecule has 7 nitrogen and oxygen atoms in total. The second kappa shape index (κ2) is 10.3. The highest BCUT2D eigenvalue weighted by molar-refractivity contribution is 5.91. The van der Waals surface area contributed by atoms with Crippen LogP contribution in [0.3, 0.4) is 0 Å². The highest BCUT2D eigenvalue weighted by Gasteiger charge is 2.34. The zero-order valence-electron chi connectivity index (χ0n) is 18.4. The van der Waals surface area contributed by atoms with Crippen molar-refractivity contribution < 1.29 is 14.4 Å². The summed E-state index contributed by atoms with van der Waals surface area (Å²) >= 11 is 0. The molecule has 4 N–H and O–H groups in total. The largest absolute Gasteiger partial charge is 0.364 e. The molecule has 2 atom stereocenters. The van der Waals surface area contributed by atoms with Crippen molar-refractivity contribution >= 4 is 18.1 Å². The lowest BCUT2D eigenvalue weighted by molar-refractivity contribution is -0.143. The van der Waals surface area contributed by atoms with Gasteiger partial charge in [-0.1, -0.05) is 39.3 Å². The van der Waals surface area contributed by atoms with Crippen LogP contribution in [0.25, 0.3) is 0 Å². The van der Waals surface area contributed by atoms with Gasteiger partial charge in [0.15, 0.2) is 6.29 Å². The van der Waals surface area contributed by atoms with E-state index in [1.54, 1.807) is 12.1 Å². The monoisotopic (exact) mass is 402 g/mol. The summed E-state index contributed by atoms with van der Waals surface area (Å²) < 4.78 is 0. The van der Waals surface area contributed by atoms with Gasteiger partial charge in [0.05, 0.1) is 6.04 Å². The van der Waals surface area contributed by atoms with Crippen molar-refractivity contribution in [1.82, 2.24) is 9.99 Å². The molecule has 1 unspecified atom stereocenters. The van der Waals surface area contributed by atoms with Crippen molar-refractivity contribution in [2.75, 3.05) is 0 Å². The van der Waals surface area contributed by atoms with E-state index in [0.717, 1.165) is 17.6 Å². The SMILES string of the molecule is C/C=C(\CC)[C@H](C)N(N)C(=O)C(C)(C)CC(C)Cc1cc(C=O)nc(C(N)=O)c1. The molecule has 0 aliphatic rings. The van der Waals surface area contributed by atoms with Gasteiger partial charge < -0.3 is 5.73 Å². The molecule has 0 aliphatic carbocycles. The topological polar surface area (TPSA) is 119 Å². The number of carbonyl (C=O) groups is 3. The number of primary amides is 1. The lowest BCUT2D eigenvalue weighted by Crippen LogP contribution is -2.51. The van der Waals surface area contributed by atoms with E-state index >= 15 is 0 Å². The number of aromatic nitrogens is 1. The number of nitrogens with two attached hydrogens (primary N) is 2. The molecule has 1 aromatic rings. The number of pyridine rings is 1. The van der Waals surface area contributed by atoms with E-state index in [1.165, 1.54) is 5.01 Å². The van der Waals surface area contributed by atoms with Gasteiger partial charge in [-0.3, -0.25) is 19.4 Å². The zero-order valence-corrected chi connectivity index (χ0v) is 18.4. The Balaban J connectivity index is 2.93. The van der Waals surface area contributed by atoms with Gasteiger partial charge in [-0.05, 0) is 56.7 Å². The summed E-state index contributed by atoms with van der Waals surface area (Å²) in [6.45, 7) is 11.7. The number of aldehydes is 1. The predicted molar refractivity (Wildman–Crippen MR) is 114 cm³/mol. The van der Waals surface area contributed by atoms with E-state index in [1.807, 2.05) is 47.6 Å². The predicted octanol–water partition coefficient (Wildman–Crippen LogP) is 3.04. The highest BCUT2D eigenvalue weighted by atomic mass is 16.2. The normalized spacial score (nSPS) is 14.2. The summed E-state index contributed by atoms with van der Waals surface area (Å²) in [5.41, 5.74) is 6.76. The fourth-order valence-corrected chi connectivity index (χ4v) is 3.79. The molecule has 2 amide bonds. The summed E-state index contributed by atoms with van der Waals surface area (Å²) in [7, 11) is 0. The maximum absolute atomic E-state index is 13.0. The first-order valence-electron chi connectivity index (χ1n) is 9.96. The maximum atomic E-state index is 13.0. The molecule has 0 bridgehead atoms. The third kappa shape index (κ3) is 6.49. The molecule has 0 radical (unpaired) electrons. The molecule has 0 saturated carbocycles. The first-order chi connectivity index (χ1) is 13.5. The molecule has 0 aromatic carbocycles. The first-order valence-corrected chi connectivity index (χ1v) is 9.96. The summed E-state index contributed by atoms with van der Waals surface area (Å²) in [4.78, 5) is 39.5. The number of allylic oxidation sites excluding steroid dienone is 1. The fourth-order valence-electron chi connectivity index (χ4n) is 3.79. The van der Waals surface area contributed by atoms with Gasteiger partial charge in [0.25, 0.3) is 5.91 Å². The van der Waals surface area contributed by atoms with Crippen molar-refractivity contribution in [2.45, 2.75) is 66.8 Å². The van der Waals surface area contributed by atoms with E-state index in [-0.39, 0.29) is 29.3 Å². The molecule has 160 valence electrons. The minimum absolute atomic E-state index is 0.0625. The minimum atomic E-state index is -0.679. The Hall–Kier alpha value is -2.54. The van der Waals surface area contributed by atoms with Crippen LogP contribution in [0.1, 0.15) is 80.9 Å². The van der Waals surface area contributed by atoms with Crippen LogP contribution in [-0.4, -0.2) is 34.1 Å². The van der Waals surface area contributed by atoms with Gasteiger partial charge in [-0.15, -0.1) is 0 Å². The molecule has 1 rings (SSSR count). The molecule has 0 saturated heterocycles. The van der Waals surface area contributed by atoms with Gasteiger partial charge in [-0.2, -0.15) is 0 Å². The Labute approximate surface area is 173 Å². The number of hydrazine groups is 1. The standard InChI is InChI=1S/C22H34N4O3/c1-7-17(8-2)15(4)26(24)21(29)22(5,6)12-14(3)9-16-10-18(13-27)25-19(11-16)20(23)28/h7,10-11,13-15H,8-9,12,24H2,1-6H3,(H2,23,28)/b17-7+/t14?,15-/m0/s1. The third-order valence-electron chi connectivity index (χ3n) is 5.27. The molecule has 1 heterocycles. The fraction of sp³-hybridized carbons (Fsp3) is 0.545. The zero-order chi connectivity index (χ0) is 22.4. The number of rotatable bonds is 10. The van der Waals surface area contributed by atoms with Crippen molar-refractivity contribution in [1.29, 1.82) is 0 Å². The summed E-state index contributed by atoms with van der Waals surface area (Å²) in [6.07, 6.45) is 4.59. The third-order valence-corrected chi connectivity index (χ3v) is 5.27. The summed E-state index contributed by atoms with van der Waals surface area (Å²) in [5.74, 6) is 5.47. The van der Waals surface area contributed by atoms with Crippen LogP contribution in [0.5, 0.6) is 0 Å². The van der Waals surface area contributed by atoms with E-state index < -0.39 is 11.3 Å². The molecular formula is C22H34N4O3. The molecule has 29 heavy (non-hydrogen) atoms. The van der Waals surface area contributed by atoms with Crippen molar-refractivity contribution in [2.24, 2.45) is 22.9 Å². The molecule has 0 spiro atoms. The lowest BCUT2D eigenvalue weighted by atomic mass is 9.80. The van der Waals surface area contributed by atoms with Crippen molar-refractivity contribution in [3.8, 4) is 0 Å². The molecular weight excluding hydrogens is 368 g/mol. The number of carbonyl (C=O) groups excluding carboxylic acids is 3. The molecule has 1 aromatic heterocycles. The van der Waals surface area contributed by atoms with Crippen LogP contribution in [-0.2, 0) is 11.2 Å². The van der Waals surface area contributed by atoms with Crippen LogP contribution in [0.15, 0.2) is 23.8 Å². The smallest absolute Gasteiger partial charge is 0.267 e. The van der Waals surface area contributed by atoms with Gasteiger partial charge in [0.1, 0.15) is 11.4 Å². The number of hydrogen-bond acceptors (Lipinski definition) is 5. The van der Waals surface area contributed by atoms with E-state index in [0.29, 0.717) is 19.1 Å². The number of nitrogens with zero attached hydrogens (tertiary/aromatic N) is 2. The molecule has 7 heteroatoms. The first kappa shape index (κ1) is 24.5. The minimum Gasteiger partial charge on any atom is -0.364 e. The van der Waals surface area contributed by atoms with Crippen LogP contribution < -0.4 is 11.6 Å². The van der Waals surface area contributed by atoms with E-state index in [2.05, 4.69) is 4.98 Å². The summed E-state index contributed by atoms with van der Waals surface area (Å²) in [6, 6.07) is 3.07. The Morgan fingerprint density at radius 2 is 1.90 bits per heavy atom. The second-order valence-corrected chi connectivity index (χ2v) is 8.27. The summed E-state index contributed by atoms with van der Waals surface area (Å²) in [5, 5.41) is 1.33. The van der Waals surface area contributed by atoms with Gasteiger partial charge in [0, 0.05) is 5.41 Å². The van der Waals surface area contributed by atoms with Crippen molar-refractivity contribution in [3.63, 3.8) is 0 Å². The van der Waals surface area contributed by atoms with Gasteiger partial charge in [-0.25, -0.2) is 10.8 Å². The molecule has 0 fully saturated rings. The Morgan fingerprint density at radius 1 is 1.28 bits per heavy atom. The van der Waals surface area contributed by atoms with Crippen LogP contribution >= 0.6 is 0 Å². The van der Waals surface area contributed by atoms with Crippen molar-refractivity contribution in [3.05, 3.63) is 40.7 Å². The average molecular weight is 403 g/mol. The van der Waals surface area contributed by atoms with E-state index in [9.17, 15) is 14.4 Å². The quantitative estimate of drug-likeness (QED) is 0.205.